The Hall–Kier alpha value is -0.813. The van der Waals surface area contributed by atoms with Gasteiger partial charge in [0, 0.05) is 12.5 Å². The normalized spacial score (nSPS) is 26.6. The maximum Gasteiger partial charge on any atom is 0.310 e. The minimum Gasteiger partial charge on any atom is -0.547 e. The Morgan fingerprint density at radius 1 is 1.32 bits per heavy atom. The van der Waals surface area contributed by atoms with E-state index in [0.29, 0.717) is 0 Å². The molecule has 0 aliphatic heterocycles. The van der Waals surface area contributed by atoms with Gasteiger partial charge >= 0.3 is 5.97 Å². The van der Waals surface area contributed by atoms with Crippen LogP contribution in [0.1, 0.15) is 34.1 Å². The quantitative estimate of drug-likeness (QED) is 0.583. The molecule has 0 saturated carbocycles. The first-order valence-corrected chi connectivity index (χ1v) is 11.0. The standard InChI is InChI=1S/C17H33NO3Si/c1-12-10-13(21-22(8,9)17(2,3)4)11-14(18(5)6)15(12)16(19)20-7/h11-12,14-15H,10H2,1-9H3/t12-,14+,15+/m0/s1. The second-order valence-corrected chi connectivity index (χ2v) is 12.9. The average molecular weight is 328 g/mol. The number of allylic oxidation sites excluding steroid dienone is 1. The first-order valence-electron chi connectivity index (χ1n) is 8.04. The van der Waals surface area contributed by atoms with Crippen molar-refractivity contribution in [1.82, 2.24) is 4.90 Å². The number of carbonyl (C=O) groups is 1. The lowest BCUT2D eigenvalue weighted by atomic mass is 9.79. The Morgan fingerprint density at radius 3 is 2.27 bits per heavy atom. The summed E-state index contributed by atoms with van der Waals surface area (Å²) in [7, 11) is 3.62. The lowest BCUT2D eigenvalue weighted by molar-refractivity contribution is -0.149. The summed E-state index contributed by atoms with van der Waals surface area (Å²) in [6.45, 7) is 13.4. The van der Waals surface area contributed by atoms with E-state index < -0.39 is 8.32 Å². The molecule has 0 bridgehead atoms. The third-order valence-electron chi connectivity index (χ3n) is 5.12. The molecule has 4 nitrogen and oxygen atoms in total. The molecule has 0 radical (unpaired) electrons. The highest BCUT2D eigenvalue weighted by Gasteiger charge is 2.43. The molecule has 0 aromatic heterocycles. The maximum atomic E-state index is 12.1. The minimum atomic E-state index is -1.85. The molecule has 1 aliphatic carbocycles. The van der Waals surface area contributed by atoms with Gasteiger partial charge in [0.2, 0.25) is 8.32 Å². The zero-order valence-corrected chi connectivity index (χ0v) is 16.7. The molecule has 0 unspecified atom stereocenters. The molecule has 1 aliphatic rings. The van der Waals surface area contributed by atoms with Gasteiger partial charge in [-0.2, -0.15) is 0 Å². The third kappa shape index (κ3) is 4.13. The Balaban J connectivity index is 3.07. The van der Waals surface area contributed by atoms with Gasteiger partial charge in [-0.3, -0.25) is 4.79 Å². The number of esters is 1. The van der Waals surface area contributed by atoms with Crippen molar-refractivity contribution in [1.29, 1.82) is 0 Å². The van der Waals surface area contributed by atoms with E-state index in [0.717, 1.165) is 12.2 Å². The zero-order chi connectivity index (χ0) is 17.3. The fourth-order valence-electron chi connectivity index (χ4n) is 2.68. The molecule has 0 saturated heterocycles. The van der Waals surface area contributed by atoms with Crippen molar-refractivity contribution < 1.29 is 14.0 Å². The van der Waals surface area contributed by atoms with E-state index in [1.807, 2.05) is 14.1 Å². The molecular weight excluding hydrogens is 294 g/mol. The summed E-state index contributed by atoms with van der Waals surface area (Å²) in [5.74, 6) is 0.989. The second-order valence-electron chi connectivity index (χ2n) is 8.18. The van der Waals surface area contributed by atoms with E-state index in [1.54, 1.807) is 0 Å². The lowest BCUT2D eigenvalue weighted by Crippen LogP contribution is -2.46. The van der Waals surface area contributed by atoms with Gasteiger partial charge in [0.15, 0.2) is 0 Å². The topological polar surface area (TPSA) is 38.8 Å². The van der Waals surface area contributed by atoms with E-state index >= 15 is 0 Å². The van der Waals surface area contributed by atoms with Gasteiger partial charge in [-0.25, -0.2) is 0 Å². The molecule has 0 fully saturated rings. The van der Waals surface area contributed by atoms with Gasteiger partial charge in [-0.05, 0) is 44.2 Å². The van der Waals surface area contributed by atoms with Crippen LogP contribution in [0.4, 0.5) is 0 Å². The van der Waals surface area contributed by atoms with Crippen molar-refractivity contribution in [3.8, 4) is 0 Å². The number of likely N-dealkylation sites (N-methyl/N-ethyl adjacent to an activating group) is 1. The number of hydrogen-bond acceptors (Lipinski definition) is 4. The molecule has 5 heteroatoms. The van der Waals surface area contributed by atoms with Crippen LogP contribution in [0, 0.1) is 11.8 Å². The Kier molecular flexibility index (Phi) is 5.90. The van der Waals surface area contributed by atoms with E-state index in [9.17, 15) is 4.79 Å². The largest absolute Gasteiger partial charge is 0.547 e. The van der Waals surface area contributed by atoms with Crippen molar-refractivity contribution in [3.63, 3.8) is 0 Å². The van der Waals surface area contributed by atoms with Gasteiger partial charge in [-0.1, -0.05) is 27.7 Å². The Morgan fingerprint density at radius 2 is 1.86 bits per heavy atom. The molecule has 0 N–H and O–H groups in total. The molecule has 1 rings (SSSR count). The maximum absolute atomic E-state index is 12.1. The first-order chi connectivity index (χ1) is 9.90. The van der Waals surface area contributed by atoms with Crippen LogP contribution >= 0.6 is 0 Å². The number of methoxy groups -OCH3 is 1. The van der Waals surface area contributed by atoms with Crippen LogP contribution in [0.15, 0.2) is 11.8 Å². The monoisotopic (exact) mass is 327 g/mol. The average Bonchev–Trinajstić information content (AvgIpc) is 2.35. The third-order valence-corrected chi connectivity index (χ3v) is 9.51. The summed E-state index contributed by atoms with van der Waals surface area (Å²) in [6, 6.07) is 0.0240. The molecule has 0 aromatic rings. The van der Waals surface area contributed by atoms with E-state index in [1.165, 1.54) is 7.11 Å². The fraction of sp³-hybridized carbons (Fsp3) is 0.824. The summed E-state index contributed by atoms with van der Waals surface area (Å²) in [4.78, 5) is 14.2. The van der Waals surface area contributed by atoms with Crippen molar-refractivity contribution in [2.24, 2.45) is 11.8 Å². The number of hydrogen-bond donors (Lipinski definition) is 0. The van der Waals surface area contributed by atoms with Crippen LogP contribution in [-0.4, -0.2) is 46.4 Å². The number of ether oxygens (including phenoxy) is 1. The van der Waals surface area contributed by atoms with Crippen molar-refractivity contribution in [3.05, 3.63) is 11.8 Å². The summed E-state index contributed by atoms with van der Waals surface area (Å²) < 4.78 is 11.5. The lowest BCUT2D eigenvalue weighted by Gasteiger charge is -2.42. The highest BCUT2D eigenvalue weighted by atomic mass is 28.4. The molecule has 0 spiro atoms. The summed E-state index contributed by atoms with van der Waals surface area (Å²) in [5, 5.41) is 0.171. The molecule has 128 valence electrons. The van der Waals surface area contributed by atoms with Crippen molar-refractivity contribution in [2.75, 3.05) is 21.2 Å². The van der Waals surface area contributed by atoms with Crippen LogP contribution in [0.25, 0.3) is 0 Å². The van der Waals surface area contributed by atoms with Crippen LogP contribution in [0.3, 0.4) is 0 Å². The van der Waals surface area contributed by atoms with Crippen LogP contribution in [0.5, 0.6) is 0 Å². The molecule has 0 heterocycles. The van der Waals surface area contributed by atoms with Crippen LogP contribution < -0.4 is 0 Å². The van der Waals surface area contributed by atoms with Crippen LogP contribution in [0.2, 0.25) is 18.1 Å². The minimum absolute atomic E-state index is 0.0240. The van der Waals surface area contributed by atoms with E-state index in [-0.39, 0.29) is 28.9 Å². The Labute approximate surface area is 137 Å². The molecule has 3 atom stereocenters. The number of nitrogens with zero attached hydrogens (tertiary/aromatic N) is 1. The van der Waals surface area contributed by atoms with E-state index in [4.69, 9.17) is 9.16 Å². The number of carbonyl (C=O) groups excluding carboxylic acids is 1. The molecule has 22 heavy (non-hydrogen) atoms. The highest BCUT2D eigenvalue weighted by molar-refractivity contribution is 6.74. The molecule has 0 aromatic carbocycles. The summed E-state index contributed by atoms with van der Waals surface area (Å²) in [5.41, 5.74) is 0. The predicted molar refractivity (Wildman–Crippen MR) is 93.1 cm³/mol. The highest BCUT2D eigenvalue weighted by Crippen LogP contribution is 2.41. The van der Waals surface area contributed by atoms with Crippen molar-refractivity contribution >= 4 is 14.3 Å². The van der Waals surface area contributed by atoms with Gasteiger partial charge in [0.1, 0.15) is 0 Å². The first kappa shape index (κ1) is 19.2. The van der Waals surface area contributed by atoms with Crippen molar-refractivity contribution in [2.45, 2.75) is 58.3 Å². The predicted octanol–water partition coefficient (Wildman–Crippen LogP) is 3.65. The fourth-order valence-corrected chi connectivity index (χ4v) is 3.79. The van der Waals surface area contributed by atoms with Gasteiger partial charge < -0.3 is 14.1 Å². The smallest absolute Gasteiger partial charge is 0.310 e. The Bertz CT molecular complexity index is 438. The molecule has 0 amide bonds. The number of rotatable bonds is 4. The summed E-state index contributed by atoms with van der Waals surface area (Å²) in [6.07, 6.45) is 2.93. The van der Waals surface area contributed by atoms with Gasteiger partial charge in [0.05, 0.1) is 18.8 Å². The van der Waals surface area contributed by atoms with Gasteiger partial charge in [0.25, 0.3) is 0 Å². The van der Waals surface area contributed by atoms with Gasteiger partial charge in [-0.15, -0.1) is 0 Å². The molecular formula is C17H33NO3Si. The summed E-state index contributed by atoms with van der Waals surface area (Å²) >= 11 is 0. The zero-order valence-electron chi connectivity index (χ0n) is 15.7. The van der Waals surface area contributed by atoms with Crippen LogP contribution in [-0.2, 0) is 14.0 Å². The SMILES string of the molecule is COC(=O)[C@H]1[C@H](N(C)C)C=C(O[Si](C)(C)C(C)(C)C)C[C@@H]1C. The second kappa shape index (κ2) is 6.75. The van der Waals surface area contributed by atoms with E-state index in [2.05, 4.69) is 51.8 Å².